The lowest BCUT2D eigenvalue weighted by Gasteiger charge is -2.18. The molecule has 0 radical (unpaired) electrons. The normalized spacial score (nSPS) is 12.1. The molecule has 0 aliphatic carbocycles. The van der Waals surface area contributed by atoms with Crippen molar-refractivity contribution in [1.82, 2.24) is 0 Å². The SMILES string of the molecule is CC(C)CCCCCCCCCCCCCCCCCCC(=O)OC[C@H](COC(=O)CCCCCCCCCCCCCCC(C)C)OC(=O)CCCCCCCCCCCCCCCCC(C)C. The van der Waals surface area contributed by atoms with E-state index in [1.165, 1.54) is 231 Å². The Bertz CT molecular complexity index is 1070. The molecule has 0 unspecified atom stereocenters. The molecular weight excluding hydrogens is 853 g/mol. The summed E-state index contributed by atoms with van der Waals surface area (Å²) in [5.74, 6) is 1.69. The van der Waals surface area contributed by atoms with E-state index in [9.17, 15) is 14.4 Å². The van der Waals surface area contributed by atoms with E-state index in [0.29, 0.717) is 19.3 Å². The zero-order valence-corrected chi connectivity index (χ0v) is 47.6. The predicted molar refractivity (Wildman–Crippen MR) is 298 cm³/mol. The fourth-order valence-corrected chi connectivity index (χ4v) is 9.71. The van der Waals surface area contributed by atoms with Crippen molar-refractivity contribution in [2.75, 3.05) is 13.2 Å². The molecule has 1 atom stereocenters. The van der Waals surface area contributed by atoms with Gasteiger partial charge in [-0.05, 0) is 37.0 Å². The first-order valence-electron chi connectivity index (χ1n) is 31.1. The summed E-state index contributed by atoms with van der Waals surface area (Å²) in [4.78, 5) is 38.3. The monoisotopic (exact) mass is 975 g/mol. The first-order chi connectivity index (χ1) is 33.6. The Labute approximate surface area is 431 Å². The summed E-state index contributed by atoms with van der Waals surface area (Å²) in [6.45, 7) is 13.8. The molecule has 0 aliphatic heterocycles. The lowest BCUT2D eigenvalue weighted by Crippen LogP contribution is -2.30. The molecular formula is C63H122O6. The summed E-state index contributed by atoms with van der Waals surface area (Å²) in [5.41, 5.74) is 0. The van der Waals surface area contributed by atoms with Crippen LogP contribution in [0.25, 0.3) is 0 Å². The van der Waals surface area contributed by atoms with Crippen molar-refractivity contribution in [2.45, 2.75) is 356 Å². The van der Waals surface area contributed by atoms with Gasteiger partial charge in [0.25, 0.3) is 0 Å². The molecule has 410 valence electrons. The summed E-state index contributed by atoms with van der Waals surface area (Å²) in [7, 11) is 0. The minimum atomic E-state index is -0.764. The molecule has 0 N–H and O–H groups in total. The van der Waals surface area contributed by atoms with Crippen molar-refractivity contribution in [3.05, 3.63) is 0 Å². The molecule has 0 spiro atoms. The van der Waals surface area contributed by atoms with E-state index in [0.717, 1.165) is 75.5 Å². The van der Waals surface area contributed by atoms with Gasteiger partial charge in [0.15, 0.2) is 6.10 Å². The predicted octanol–water partition coefficient (Wildman–Crippen LogP) is 20.7. The molecule has 0 saturated carbocycles. The van der Waals surface area contributed by atoms with E-state index in [-0.39, 0.29) is 31.1 Å². The summed E-state index contributed by atoms with van der Waals surface area (Å²) >= 11 is 0. The number of esters is 3. The number of hydrogen-bond acceptors (Lipinski definition) is 6. The maximum atomic E-state index is 12.9. The van der Waals surface area contributed by atoms with E-state index < -0.39 is 6.10 Å². The van der Waals surface area contributed by atoms with Crippen LogP contribution in [0.15, 0.2) is 0 Å². The Morgan fingerprint density at radius 3 is 0.623 bits per heavy atom. The Morgan fingerprint density at radius 1 is 0.246 bits per heavy atom. The highest BCUT2D eigenvalue weighted by atomic mass is 16.6. The van der Waals surface area contributed by atoms with E-state index in [1.54, 1.807) is 0 Å². The Kier molecular flexibility index (Phi) is 52.9. The molecule has 0 saturated heterocycles. The van der Waals surface area contributed by atoms with Crippen LogP contribution < -0.4 is 0 Å². The lowest BCUT2D eigenvalue weighted by molar-refractivity contribution is -0.167. The van der Waals surface area contributed by atoms with Crippen LogP contribution in [-0.4, -0.2) is 37.2 Å². The fraction of sp³-hybridized carbons (Fsp3) is 0.952. The largest absolute Gasteiger partial charge is 0.462 e. The summed E-state index contributed by atoms with van der Waals surface area (Å²) in [6, 6.07) is 0. The van der Waals surface area contributed by atoms with Gasteiger partial charge in [-0.25, -0.2) is 0 Å². The molecule has 0 aromatic heterocycles. The summed E-state index contributed by atoms with van der Waals surface area (Å²) in [6.07, 6.45) is 58.1. The molecule has 0 rings (SSSR count). The maximum Gasteiger partial charge on any atom is 0.306 e. The number of ether oxygens (including phenoxy) is 3. The highest BCUT2D eigenvalue weighted by Gasteiger charge is 2.19. The number of rotatable bonds is 56. The van der Waals surface area contributed by atoms with Crippen LogP contribution in [0.2, 0.25) is 0 Å². The van der Waals surface area contributed by atoms with Gasteiger partial charge in [-0.1, -0.05) is 311 Å². The Morgan fingerprint density at radius 2 is 0.420 bits per heavy atom. The number of hydrogen-bond donors (Lipinski definition) is 0. The van der Waals surface area contributed by atoms with Gasteiger partial charge in [0.1, 0.15) is 13.2 Å². The van der Waals surface area contributed by atoms with E-state index in [1.807, 2.05) is 0 Å². The second-order valence-corrected chi connectivity index (χ2v) is 23.1. The topological polar surface area (TPSA) is 78.9 Å². The molecule has 0 fully saturated rings. The van der Waals surface area contributed by atoms with Gasteiger partial charge < -0.3 is 14.2 Å². The van der Waals surface area contributed by atoms with Gasteiger partial charge in [-0.2, -0.15) is 0 Å². The van der Waals surface area contributed by atoms with Crippen molar-refractivity contribution < 1.29 is 28.6 Å². The Balaban J connectivity index is 4.29. The van der Waals surface area contributed by atoms with Gasteiger partial charge >= 0.3 is 17.9 Å². The second-order valence-electron chi connectivity index (χ2n) is 23.1. The molecule has 0 aromatic rings. The maximum absolute atomic E-state index is 12.9. The molecule has 0 heterocycles. The first-order valence-corrected chi connectivity index (χ1v) is 31.1. The second kappa shape index (κ2) is 54.2. The average Bonchev–Trinajstić information content (AvgIpc) is 3.31. The highest BCUT2D eigenvalue weighted by Crippen LogP contribution is 2.19. The third kappa shape index (κ3) is 57.2. The molecule has 0 bridgehead atoms. The van der Waals surface area contributed by atoms with Crippen molar-refractivity contribution >= 4 is 17.9 Å². The number of carbonyl (C=O) groups is 3. The van der Waals surface area contributed by atoms with Crippen LogP contribution >= 0.6 is 0 Å². The standard InChI is InChI=1S/C63H122O6/c1-57(2)49-43-37-31-25-19-13-9-7-8-10-15-22-28-34-40-46-52-61(64)67-55-60(56-68-62(65)53-47-41-35-29-23-18-17-21-27-33-39-45-51-59(5)6)69-63(66)54-48-42-36-30-24-16-12-11-14-20-26-32-38-44-50-58(3)4/h57-60H,7-56H2,1-6H3/t60-/m1/s1. The third-order valence-electron chi connectivity index (χ3n) is 14.4. The van der Waals surface area contributed by atoms with Gasteiger partial charge in [-0.3, -0.25) is 14.4 Å². The van der Waals surface area contributed by atoms with Crippen LogP contribution in [0.1, 0.15) is 350 Å². The Hall–Kier alpha value is -1.59. The first kappa shape index (κ1) is 67.4. The minimum Gasteiger partial charge on any atom is -0.462 e. The molecule has 0 amide bonds. The molecule has 6 heteroatoms. The van der Waals surface area contributed by atoms with Crippen LogP contribution in [0.3, 0.4) is 0 Å². The average molecular weight is 976 g/mol. The molecule has 6 nitrogen and oxygen atoms in total. The van der Waals surface area contributed by atoms with E-state index >= 15 is 0 Å². The smallest absolute Gasteiger partial charge is 0.306 e. The molecule has 0 aromatic carbocycles. The van der Waals surface area contributed by atoms with Gasteiger partial charge in [0, 0.05) is 19.3 Å². The number of carbonyl (C=O) groups excluding carboxylic acids is 3. The summed E-state index contributed by atoms with van der Waals surface area (Å²) < 4.78 is 16.9. The van der Waals surface area contributed by atoms with Crippen LogP contribution in [0, 0.1) is 17.8 Å². The van der Waals surface area contributed by atoms with Crippen LogP contribution in [0.4, 0.5) is 0 Å². The minimum absolute atomic E-state index is 0.0628. The lowest BCUT2D eigenvalue weighted by atomic mass is 10.0. The van der Waals surface area contributed by atoms with Crippen molar-refractivity contribution in [3.8, 4) is 0 Å². The van der Waals surface area contributed by atoms with Gasteiger partial charge in [-0.15, -0.1) is 0 Å². The molecule has 0 aliphatic rings. The van der Waals surface area contributed by atoms with Crippen molar-refractivity contribution in [3.63, 3.8) is 0 Å². The third-order valence-corrected chi connectivity index (χ3v) is 14.4. The van der Waals surface area contributed by atoms with Crippen molar-refractivity contribution in [1.29, 1.82) is 0 Å². The van der Waals surface area contributed by atoms with Crippen molar-refractivity contribution in [2.24, 2.45) is 17.8 Å². The van der Waals surface area contributed by atoms with Gasteiger partial charge in [0.2, 0.25) is 0 Å². The summed E-state index contributed by atoms with van der Waals surface area (Å²) in [5, 5.41) is 0. The van der Waals surface area contributed by atoms with E-state index in [2.05, 4.69) is 41.5 Å². The molecule has 69 heavy (non-hydrogen) atoms. The quantitative estimate of drug-likeness (QED) is 0.0343. The van der Waals surface area contributed by atoms with Crippen LogP contribution in [0.5, 0.6) is 0 Å². The zero-order chi connectivity index (χ0) is 50.5. The fourth-order valence-electron chi connectivity index (χ4n) is 9.71. The highest BCUT2D eigenvalue weighted by molar-refractivity contribution is 5.71. The van der Waals surface area contributed by atoms with E-state index in [4.69, 9.17) is 14.2 Å². The number of unbranched alkanes of at least 4 members (excludes halogenated alkanes) is 39. The zero-order valence-electron chi connectivity index (χ0n) is 47.6. The van der Waals surface area contributed by atoms with Crippen LogP contribution in [-0.2, 0) is 28.6 Å². The van der Waals surface area contributed by atoms with Gasteiger partial charge in [0.05, 0.1) is 0 Å².